The molecule has 0 saturated heterocycles. The van der Waals surface area contributed by atoms with Gasteiger partial charge in [-0.1, -0.05) is 12.1 Å². The zero-order valence-electron chi connectivity index (χ0n) is 10.4. The number of H-pyrrole nitrogens is 1. The summed E-state index contributed by atoms with van der Waals surface area (Å²) in [6.07, 6.45) is 2.13. The number of aromatic nitrogens is 1. The summed E-state index contributed by atoms with van der Waals surface area (Å²) in [5.74, 6) is -0.113. The topological polar surface area (TPSA) is 62.0 Å². The lowest BCUT2D eigenvalue weighted by molar-refractivity contribution is -0.114. The predicted octanol–water partition coefficient (Wildman–Crippen LogP) is 2.69. The Labute approximate surface area is 119 Å². The van der Waals surface area contributed by atoms with Crippen LogP contribution in [0.2, 0.25) is 0 Å². The van der Waals surface area contributed by atoms with E-state index in [4.69, 9.17) is 0 Å². The molecule has 0 fully saturated rings. The van der Waals surface area contributed by atoms with Crippen molar-refractivity contribution in [1.82, 2.24) is 4.98 Å². The summed E-state index contributed by atoms with van der Waals surface area (Å²) >= 11 is 3.33. The molecule has 1 amide bonds. The quantitative estimate of drug-likeness (QED) is 0.913. The Morgan fingerprint density at radius 1 is 1.37 bits per heavy atom. The monoisotopic (exact) mass is 320 g/mol. The van der Waals surface area contributed by atoms with Crippen LogP contribution in [-0.2, 0) is 11.2 Å². The maximum Gasteiger partial charge on any atom is 0.251 e. The highest BCUT2D eigenvalue weighted by Crippen LogP contribution is 2.15. The predicted molar refractivity (Wildman–Crippen MR) is 78.3 cm³/mol. The average Bonchev–Trinajstić information content (AvgIpc) is 2.33. The molecule has 0 bridgehead atoms. The number of nitrogens with one attached hydrogen (secondary N) is 2. The second-order valence-electron chi connectivity index (χ2n) is 4.23. The number of carbonyl (C=O) groups excluding carboxylic acids is 1. The number of aromatic amines is 1. The molecule has 19 heavy (non-hydrogen) atoms. The van der Waals surface area contributed by atoms with Gasteiger partial charge in [0.2, 0.25) is 5.91 Å². The summed E-state index contributed by atoms with van der Waals surface area (Å²) in [6.45, 7) is 1.46. The molecular formula is C14H13BrN2O2. The largest absolute Gasteiger partial charge is 0.328 e. The lowest BCUT2D eigenvalue weighted by atomic mass is 10.1. The Balaban J connectivity index is 2.25. The first-order valence-electron chi connectivity index (χ1n) is 5.78. The SMILES string of the molecule is CC(=O)Nc1cccc(Cc2cc(Br)c[nH]c2=O)c1. The molecular weight excluding hydrogens is 308 g/mol. The minimum atomic E-state index is -0.113. The van der Waals surface area contributed by atoms with E-state index in [1.165, 1.54) is 6.92 Å². The molecule has 2 rings (SSSR count). The van der Waals surface area contributed by atoms with Crippen molar-refractivity contribution in [3.8, 4) is 0 Å². The van der Waals surface area contributed by atoms with Gasteiger partial charge in [-0.05, 0) is 39.7 Å². The van der Waals surface area contributed by atoms with Crippen LogP contribution < -0.4 is 10.9 Å². The molecule has 0 atom stereocenters. The third kappa shape index (κ3) is 3.79. The van der Waals surface area contributed by atoms with E-state index in [1.54, 1.807) is 12.3 Å². The van der Waals surface area contributed by atoms with Gasteiger partial charge in [-0.25, -0.2) is 0 Å². The number of hydrogen-bond acceptors (Lipinski definition) is 2. The van der Waals surface area contributed by atoms with Gasteiger partial charge >= 0.3 is 0 Å². The Morgan fingerprint density at radius 3 is 2.89 bits per heavy atom. The minimum absolute atomic E-state index is 0.104. The van der Waals surface area contributed by atoms with Gasteiger partial charge in [-0.2, -0.15) is 0 Å². The van der Waals surface area contributed by atoms with E-state index in [0.717, 1.165) is 15.7 Å². The van der Waals surface area contributed by atoms with Crippen LogP contribution in [0, 0.1) is 0 Å². The molecule has 1 heterocycles. The Kier molecular flexibility index (Phi) is 4.16. The van der Waals surface area contributed by atoms with Crippen LogP contribution in [0.1, 0.15) is 18.1 Å². The molecule has 0 spiro atoms. The van der Waals surface area contributed by atoms with Crippen molar-refractivity contribution in [3.63, 3.8) is 0 Å². The number of carbonyl (C=O) groups is 1. The Morgan fingerprint density at radius 2 is 2.16 bits per heavy atom. The molecule has 0 aliphatic heterocycles. The first-order chi connectivity index (χ1) is 9.04. The number of benzene rings is 1. The van der Waals surface area contributed by atoms with E-state index in [2.05, 4.69) is 26.2 Å². The van der Waals surface area contributed by atoms with Gasteiger partial charge in [0.1, 0.15) is 0 Å². The number of amides is 1. The van der Waals surface area contributed by atoms with Crippen LogP contribution in [0.25, 0.3) is 0 Å². The van der Waals surface area contributed by atoms with Crippen molar-refractivity contribution >= 4 is 27.5 Å². The number of rotatable bonds is 3. The van der Waals surface area contributed by atoms with E-state index >= 15 is 0 Å². The molecule has 2 aromatic rings. The number of anilines is 1. The summed E-state index contributed by atoms with van der Waals surface area (Å²) in [6, 6.07) is 9.25. The first kappa shape index (κ1) is 13.5. The second-order valence-corrected chi connectivity index (χ2v) is 5.15. The van der Waals surface area contributed by atoms with Crippen molar-refractivity contribution in [3.05, 3.63) is 62.5 Å². The van der Waals surface area contributed by atoms with Gasteiger partial charge in [-0.3, -0.25) is 9.59 Å². The Hall–Kier alpha value is -1.88. The van der Waals surface area contributed by atoms with E-state index in [1.807, 2.05) is 24.3 Å². The standard InChI is InChI=1S/C14H13BrN2O2/c1-9(18)17-13-4-2-3-10(6-13)5-11-7-12(15)8-16-14(11)19/h2-4,6-8H,5H2,1H3,(H,16,19)(H,17,18). The van der Waals surface area contributed by atoms with Gasteiger partial charge in [-0.15, -0.1) is 0 Å². The molecule has 0 saturated carbocycles. The number of hydrogen-bond donors (Lipinski definition) is 2. The molecule has 0 aliphatic carbocycles. The fourth-order valence-electron chi connectivity index (χ4n) is 1.81. The van der Waals surface area contributed by atoms with Crippen molar-refractivity contribution in [2.45, 2.75) is 13.3 Å². The number of pyridine rings is 1. The molecule has 0 unspecified atom stereocenters. The highest BCUT2D eigenvalue weighted by atomic mass is 79.9. The Bertz CT molecular complexity index is 664. The van der Waals surface area contributed by atoms with Crippen LogP contribution in [0.4, 0.5) is 5.69 Å². The van der Waals surface area contributed by atoms with E-state index in [-0.39, 0.29) is 11.5 Å². The van der Waals surface area contributed by atoms with Gasteiger partial charge in [0, 0.05) is 35.3 Å². The normalized spacial score (nSPS) is 10.2. The van der Waals surface area contributed by atoms with Crippen molar-refractivity contribution < 1.29 is 4.79 Å². The van der Waals surface area contributed by atoms with Crippen LogP contribution in [0.15, 0.2) is 45.8 Å². The first-order valence-corrected chi connectivity index (χ1v) is 6.57. The fraction of sp³-hybridized carbons (Fsp3) is 0.143. The van der Waals surface area contributed by atoms with Gasteiger partial charge in [0.05, 0.1) is 0 Å². The van der Waals surface area contributed by atoms with E-state index in [9.17, 15) is 9.59 Å². The molecule has 0 radical (unpaired) electrons. The lowest BCUT2D eigenvalue weighted by Gasteiger charge is -2.06. The van der Waals surface area contributed by atoms with Crippen molar-refractivity contribution in [2.75, 3.05) is 5.32 Å². The van der Waals surface area contributed by atoms with Gasteiger partial charge in [0.15, 0.2) is 0 Å². The van der Waals surface area contributed by atoms with Gasteiger partial charge < -0.3 is 10.3 Å². The third-order valence-electron chi connectivity index (χ3n) is 2.59. The van der Waals surface area contributed by atoms with Crippen LogP contribution in [-0.4, -0.2) is 10.9 Å². The minimum Gasteiger partial charge on any atom is -0.328 e. The van der Waals surface area contributed by atoms with Crippen LogP contribution in [0.5, 0.6) is 0 Å². The highest BCUT2D eigenvalue weighted by molar-refractivity contribution is 9.10. The number of halogens is 1. The average molecular weight is 321 g/mol. The smallest absolute Gasteiger partial charge is 0.251 e. The highest BCUT2D eigenvalue weighted by Gasteiger charge is 2.04. The van der Waals surface area contributed by atoms with Crippen molar-refractivity contribution in [1.29, 1.82) is 0 Å². The summed E-state index contributed by atoms with van der Waals surface area (Å²) in [7, 11) is 0. The maximum atomic E-state index is 11.7. The maximum absolute atomic E-state index is 11.7. The summed E-state index contributed by atoms with van der Waals surface area (Å²) < 4.78 is 0.833. The molecule has 2 N–H and O–H groups in total. The third-order valence-corrected chi connectivity index (χ3v) is 3.04. The van der Waals surface area contributed by atoms with E-state index in [0.29, 0.717) is 12.0 Å². The zero-order valence-corrected chi connectivity index (χ0v) is 12.0. The van der Waals surface area contributed by atoms with Crippen LogP contribution in [0.3, 0.4) is 0 Å². The fourth-order valence-corrected chi connectivity index (χ4v) is 2.21. The molecule has 98 valence electrons. The zero-order chi connectivity index (χ0) is 13.8. The van der Waals surface area contributed by atoms with Gasteiger partial charge in [0.25, 0.3) is 5.56 Å². The summed E-state index contributed by atoms with van der Waals surface area (Å²) in [4.78, 5) is 25.4. The molecule has 0 aliphatic rings. The second kappa shape index (κ2) is 5.84. The van der Waals surface area contributed by atoms with Crippen LogP contribution >= 0.6 is 15.9 Å². The molecule has 4 nitrogen and oxygen atoms in total. The van der Waals surface area contributed by atoms with Crippen molar-refractivity contribution in [2.24, 2.45) is 0 Å². The summed E-state index contributed by atoms with van der Waals surface area (Å²) in [5.41, 5.74) is 2.27. The molecule has 1 aromatic heterocycles. The van der Waals surface area contributed by atoms with E-state index < -0.39 is 0 Å². The lowest BCUT2D eigenvalue weighted by Crippen LogP contribution is -2.12. The summed E-state index contributed by atoms with van der Waals surface area (Å²) in [5, 5.41) is 2.72. The molecule has 5 heteroatoms. The molecule has 1 aromatic carbocycles.